The van der Waals surface area contributed by atoms with Crippen LogP contribution in [-0.2, 0) is 0 Å². The van der Waals surface area contributed by atoms with Crippen molar-refractivity contribution in [3.8, 4) is 10.6 Å². The summed E-state index contributed by atoms with van der Waals surface area (Å²) in [4.78, 5) is 22.6. The van der Waals surface area contributed by atoms with E-state index in [0.717, 1.165) is 53.1 Å². The quantitative estimate of drug-likeness (QED) is 0.646. The summed E-state index contributed by atoms with van der Waals surface area (Å²) in [6.07, 6.45) is 3.94. The molecule has 1 aliphatic heterocycles. The molecule has 4 heterocycles. The van der Waals surface area contributed by atoms with E-state index < -0.39 is 0 Å². The molecule has 0 N–H and O–H groups in total. The highest BCUT2D eigenvalue weighted by molar-refractivity contribution is 7.15. The summed E-state index contributed by atoms with van der Waals surface area (Å²) in [5, 5.41) is 5.37. The zero-order valence-corrected chi connectivity index (χ0v) is 17.2. The SMILES string of the molecule is Cc1ccc(-c2cc(C(=O)N3CCC(C)CC3)c3cnn(C(C)C)c3n2)s1. The normalized spacial score (nSPS) is 15.8. The number of nitrogens with zero attached hydrogens (tertiary/aromatic N) is 4. The first-order chi connectivity index (χ1) is 12.9. The fourth-order valence-corrected chi connectivity index (χ4v) is 4.48. The molecule has 0 radical (unpaired) electrons. The number of fused-ring (bicyclic) bond motifs is 1. The summed E-state index contributed by atoms with van der Waals surface area (Å²) < 4.78 is 1.91. The molecule has 1 saturated heterocycles. The van der Waals surface area contributed by atoms with Crippen molar-refractivity contribution in [2.75, 3.05) is 13.1 Å². The highest BCUT2D eigenvalue weighted by Gasteiger charge is 2.25. The molecule has 1 amide bonds. The summed E-state index contributed by atoms with van der Waals surface area (Å²) in [6, 6.07) is 6.33. The second-order valence-corrected chi connectivity index (χ2v) is 9.15. The van der Waals surface area contributed by atoms with Gasteiger partial charge in [0.15, 0.2) is 5.65 Å². The minimum absolute atomic E-state index is 0.104. The van der Waals surface area contributed by atoms with Crippen molar-refractivity contribution in [2.24, 2.45) is 5.92 Å². The number of aryl methyl sites for hydroxylation is 1. The number of thiophene rings is 1. The van der Waals surface area contributed by atoms with Crippen LogP contribution < -0.4 is 0 Å². The standard InChI is InChI=1S/C21H26N4OS/c1-13(2)25-20-17(12-22-25)16(21(26)24-9-7-14(3)8-10-24)11-18(23-20)19-6-5-15(4)27-19/h5-6,11-14H,7-10H2,1-4H3. The van der Waals surface area contributed by atoms with E-state index in [9.17, 15) is 4.79 Å². The van der Waals surface area contributed by atoms with Gasteiger partial charge in [-0.1, -0.05) is 6.92 Å². The molecule has 0 atom stereocenters. The maximum absolute atomic E-state index is 13.4. The lowest BCUT2D eigenvalue weighted by molar-refractivity contribution is 0.0699. The molecule has 6 heteroatoms. The third kappa shape index (κ3) is 3.38. The highest BCUT2D eigenvalue weighted by atomic mass is 32.1. The number of rotatable bonds is 3. The van der Waals surface area contributed by atoms with Crippen molar-refractivity contribution in [1.29, 1.82) is 0 Å². The Bertz CT molecular complexity index is 979. The Morgan fingerprint density at radius 3 is 2.63 bits per heavy atom. The van der Waals surface area contributed by atoms with Crippen LogP contribution in [-0.4, -0.2) is 38.7 Å². The second kappa shape index (κ2) is 7.08. The van der Waals surface area contributed by atoms with Crippen LogP contribution >= 0.6 is 11.3 Å². The van der Waals surface area contributed by atoms with E-state index in [0.29, 0.717) is 5.92 Å². The minimum Gasteiger partial charge on any atom is -0.339 e. The van der Waals surface area contributed by atoms with Gasteiger partial charge in [-0.3, -0.25) is 4.79 Å². The number of hydrogen-bond donors (Lipinski definition) is 0. The molecule has 0 aliphatic carbocycles. The van der Waals surface area contributed by atoms with Crippen LogP contribution in [0.15, 0.2) is 24.4 Å². The summed E-state index contributed by atoms with van der Waals surface area (Å²) in [5.74, 6) is 0.798. The van der Waals surface area contributed by atoms with Crippen molar-refractivity contribution in [3.05, 3.63) is 34.8 Å². The maximum atomic E-state index is 13.4. The van der Waals surface area contributed by atoms with Gasteiger partial charge in [-0.15, -0.1) is 11.3 Å². The average molecular weight is 383 g/mol. The van der Waals surface area contributed by atoms with E-state index in [4.69, 9.17) is 4.98 Å². The number of pyridine rings is 1. The Kier molecular flexibility index (Phi) is 4.76. The van der Waals surface area contributed by atoms with Gasteiger partial charge in [0, 0.05) is 24.0 Å². The zero-order chi connectivity index (χ0) is 19.1. The van der Waals surface area contributed by atoms with E-state index in [1.807, 2.05) is 15.6 Å². The molecule has 4 rings (SSSR count). The molecule has 0 saturated carbocycles. The predicted molar refractivity (Wildman–Crippen MR) is 110 cm³/mol. The minimum atomic E-state index is 0.104. The van der Waals surface area contributed by atoms with Crippen LogP contribution in [0.5, 0.6) is 0 Å². The number of likely N-dealkylation sites (tertiary alicyclic amines) is 1. The van der Waals surface area contributed by atoms with Crippen molar-refractivity contribution in [2.45, 2.75) is 46.6 Å². The molecule has 5 nitrogen and oxygen atoms in total. The van der Waals surface area contributed by atoms with Gasteiger partial charge in [-0.05, 0) is 57.7 Å². The topological polar surface area (TPSA) is 51.0 Å². The van der Waals surface area contributed by atoms with Crippen molar-refractivity contribution >= 4 is 28.3 Å². The molecular formula is C21H26N4OS. The van der Waals surface area contributed by atoms with Crippen LogP contribution in [0.4, 0.5) is 0 Å². The predicted octanol–water partition coefficient (Wildman–Crippen LogP) is 4.92. The summed E-state index contributed by atoms with van der Waals surface area (Å²) in [6.45, 7) is 10.2. The van der Waals surface area contributed by atoms with Crippen LogP contribution in [0.1, 0.15) is 54.9 Å². The van der Waals surface area contributed by atoms with E-state index in [2.05, 4.69) is 44.9 Å². The van der Waals surface area contributed by atoms with E-state index in [1.165, 1.54) is 4.88 Å². The molecule has 27 heavy (non-hydrogen) atoms. The second-order valence-electron chi connectivity index (χ2n) is 7.86. The van der Waals surface area contributed by atoms with Crippen LogP contribution in [0.25, 0.3) is 21.6 Å². The Balaban J connectivity index is 1.84. The molecule has 0 aromatic carbocycles. The Labute approximate surface area is 164 Å². The van der Waals surface area contributed by atoms with Crippen molar-refractivity contribution in [3.63, 3.8) is 0 Å². The van der Waals surface area contributed by atoms with Crippen molar-refractivity contribution in [1.82, 2.24) is 19.7 Å². The molecule has 0 unspecified atom stereocenters. The molecule has 3 aromatic rings. The molecule has 0 bridgehead atoms. The van der Waals surface area contributed by atoms with Crippen LogP contribution in [0.3, 0.4) is 0 Å². The van der Waals surface area contributed by atoms with Crippen LogP contribution in [0.2, 0.25) is 0 Å². The number of carbonyl (C=O) groups is 1. The lowest BCUT2D eigenvalue weighted by Crippen LogP contribution is -2.38. The van der Waals surface area contributed by atoms with Crippen LogP contribution in [0, 0.1) is 12.8 Å². The highest BCUT2D eigenvalue weighted by Crippen LogP contribution is 2.31. The number of piperidine rings is 1. The van der Waals surface area contributed by atoms with Gasteiger partial charge in [-0.2, -0.15) is 5.10 Å². The number of hydrogen-bond acceptors (Lipinski definition) is 4. The first-order valence-electron chi connectivity index (χ1n) is 9.68. The number of aromatic nitrogens is 3. The average Bonchev–Trinajstić information content (AvgIpc) is 3.27. The molecule has 3 aromatic heterocycles. The van der Waals surface area contributed by atoms with Gasteiger partial charge >= 0.3 is 0 Å². The van der Waals surface area contributed by atoms with Gasteiger partial charge in [-0.25, -0.2) is 9.67 Å². The Hall–Kier alpha value is -2.21. The summed E-state index contributed by atoms with van der Waals surface area (Å²) in [5.41, 5.74) is 2.38. The largest absolute Gasteiger partial charge is 0.339 e. The Morgan fingerprint density at radius 2 is 2.00 bits per heavy atom. The molecule has 0 spiro atoms. The zero-order valence-electron chi connectivity index (χ0n) is 16.4. The summed E-state index contributed by atoms with van der Waals surface area (Å²) in [7, 11) is 0. The fourth-order valence-electron chi connectivity index (χ4n) is 3.65. The summed E-state index contributed by atoms with van der Waals surface area (Å²) >= 11 is 1.71. The van der Waals surface area contributed by atoms with E-state index in [-0.39, 0.29) is 11.9 Å². The molecular weight excluding hydrogens is 356 g/mol. The first-order valence-corrected chi connectivity index (χ1v) is 10.5. The first kappa shape index (κ1) is 18.2. The van der Waals surface area contributed by atoms with Crippen molar-refractivity contribution < 1.29 is 4.79 Å². The van der Waals surface area contributed by atoms with Gasteiger partial charge < -0.3 is 4.90 Å². The monoisotopic (exact) mass is 382 g/mol. The molecule has 1 fully saturated rings. The van der Waals surface area contributed by atoms with Gasteiger partial charge in [0.1, 0.15) is 0 Å². The third-order valence-electron chi connectivity index (χ3n) is 5.35. The van der Waals surface area contributed by atoms with E-state index >= 15 is 0 Å². The molecule has 142 valence electrons. The lowest BCUT2D eigenvalue weighted by atomic mass is 9.98. The number of amides is 1. The maximum Gasteiger partial charge on any atom is 0.254 e. The lowest BCUT2D eigenvalue weighted by Gasteiger charge is -2.30. The molecule has 1 aliphatic rings. The van der Waals surface area contributed by atoms with Gasteiger partial charge in [0.2, 0.25) is 0 Å². The third-order valence-corrected chi connectivity index (χ3v) is 6.37. The van der Waals surface area contributed by atoms with E-state index in [1.54, 1.807) is 17.5 Å². The number of carbonyl (C=O) groups excluding carboxylic acids is 1. The Morgan fingerprint density at radius 1 is 1.26 bits per heavy atom. The fraction of sp³-hybridized carbons (Fsp3) is 0.476. The van der Waals surface area contributed by atoms with Gasteiger partial charge in [0.25, 0.3) is 5.91 Å². The van der Waals surface area contributed by atoms with Gasteiger partial charge in [0.05, 0.1) is 27.7 Å². The smallest absolute Gasteiger partial charge is 0.254 e.